The molecule has 1 aliphatic carbocycles. The lowest BCUT2D eigenvalue weighted by molar-refractivity contribution is 0.0758. The molecule has 7 nitrogen and oxygen atoms in total. The minimum absolute atomic E-state index is 0.301. The van der Waals surface area contributed by atoms with Crippen molar-refractivity contribution in [1.29, 1.82) is 0 Å². The van der Waals surface area contributed by atoms with E-state index in [2.05, 4.69) is 9.44 Å². The summed E-state index contributed by atoms with van der Waals surface area (Å²) in [6.07, 6.45) is 0.473. The Bertz CT molecular complexity index is 843. The number of fused-ring (bicyclic) bond motifs is 1. The molecule has 1 aliphatic heterocycles. The maximum atomic E-state index is 14.6. The quantitative estimate of drug-likeness (QED) is 0.727. The lowest BCUT2D eigenvalue weighted by Gasteiger charge is -2.42. The van der Waals surface area contributed by atoms with E-state index in [1.165, 1.54) is 11.0 Å². The Hall–Kier alpha value is -1.71. The monoisotopic (exact) mass is 399 g/mol. The van der Waals surface area contributed by atoms with Crippen LogP contribution in [-0.2, 0) is 16.6 Å². The first-order chi connectivity index (χ1) is 12.4. The molecule has 0 bridgehead atoms. The number of piperidine rings is 1. The highest BCUT2D eigenvalue weighted by atomic mass is 32.2. The van der Waals surface area contributed by atoms with Crippen LogP contribution in [0.5, 0.6) is 0 Å². The predicted octanol–water partition coefficient (Wildman–Crippen LogP) is 2.41. The van der Waals surface area contributed by atoms with Gasteiger partial charge in [0.05, 0.1) is 6.04 Å². The SMILES string of the molecule is CC(C)(C)NS(=O)(=O)N[C@H]1c2c(F)cccc2CC12CCN(C(=O)O)CC2. The molecule has 1 aromatic carbocycles. The number of amides is 1. The molecule has 0 unspecified atom stereocenters. The number of nitrogens with zero attached hydrogens (tertiary/aromatic N) is 1. The van der Waals surface area contributed by atoms with E-state index in [1.807, 2.05) is 6.07 Å². The van der Waals surface area contributed by atoms with Gasteiger partial charge in [-0.25, -0.2) is 9.18 Å². The molecule has 0 aromatic heterocycles. The molecule has 1 heterocycles. The second-order valence-corrected chi connectivity index (χ2v) is 9.97. The fraction of sp³-hybridized carbons (Fsp3) is 0.611. The average molecular weight is 399 g/mol. The minimum atomic E-state index is -3.88. The zero-order valence-corrected chi connectivity index (χ0v) is 16.6. The molecular weight excluding hydrogens is 373 g/mol. The molecule has 3 N–H and O–H groups in total. The summed E-state index contributed by atoms with van der Waals surface area (Å²) in [6, 6.07) is 4.04. The Labute approximate surface area is 159 Å². The van der Waals surface area contributed by atoms with Gasteiger partial charge in [-0.3, -0.25) is 0 Å². The minimum Gasteiger partial charge on any atom is -0.465 e. The lowest BCUT2D eigenvalue weighted by atomic mass is 9.73. The Morgan fingerprint density at radius 1 is 1.30 bits per heavy atom. The van der Waals surface area contributed by atoms with E-state index in [0.29, 0.717) is 37.9 Å². The first-order valence-electron chi connectivity index (χ1n) is 8.99. The predicted molar refractivity (Wildman–Crippen MR) is 99.1 cm³/mol. The average Bonchev–Trinajstić information content (AvgIpc) is 2.79. The number of rotatable bonds is 3. The molecule has 2 aliphatic rings. The summed E-state index contributed by atoms with van der Waals surface area (Å²) in [4.78, 5) is 12.6. The molecule has 1 amide bonds. The molecule has 1 aromatic rings. The molecular formula is C18H26FN3O4S. The number of hydrogen-bond acceptors (Lipinski definition) is 3. The number of nitrogens with one attached hydrogen (secondary N) is 2. The van der Waals surface area contributed by atoms with Crippen LogP contribution in [0.4, 0.5) is 9.18 Å². The van der Waals surface area contributed by atoms with Crippen molar-refractivity contribution < 1.29 is 22.7 Å². The second kappa shape index (κ2) is 6.72. The molecule has 9 heteroatoms. The van der Waals surface area contributed by atoms with E-state index in [0.717, 1.165) is 5.56 Å². The first kappa shape index (κ1) is 20.0. The van der Waals surface area contributed by atoms with E-state index in [4.69, 9.17) is 0 Å². The summed E-state index contributed by atoms with van der Waals surface area (Å²) in [7, 11) is -3.88. The molecule has 0 saturated carbocycles. The maximum Gasteiger partial charge on any atom is 0.407 e. The Morgan fingerprint density at radius 2 is 1.93 bits per heavy atom. The van der Waals surface area contributed by atoms with E-state index >= 15 is 0 Å². The molecule has 1 atom stereocenters. The van der Waals surface area contributed by atoms with Crippen molar-refractivity contribution in [3.8, 4) is 0 Å². The molecule has 150 valence electrons. The topological polar surface area (TPSA) is 98.7 Å². The summed E-state index contributed by atoms with van der Waals surface area (Å²) in [5.74, 6) is -0.437. The van der Waals surface area contributed by atoms with Crippen molar-refractivity contribution in [1.82, 2.24) is 14.3 Å². The third-order valence-electron chi connectivity index (χ3n) is 5.33. The Morgan fingerprint density at radius 3 is 2.48 bits per heavy atom. The number of carboxylic acid groups (broad SMARTS) is 1. The van der Waals surface area contributed by atoms with Crippen LogP contribution in [0, 0.1) is 11.2 Å². The highest BCUT2D eigenvalue weighted by molar-refractivity contribution is 7.87. The first-order valence-corrected chi connectivity index (χ1v) is 10.5. The van der Waals surface area contributed by atoms with Gasteiger partial charge >= 0.3 is 6.09 Å². The maximum absolute atomic E-state index is 14.6. The van der Waals surface area contributed by atoms with E-state index in [9.17, 15) is 22.7 Å². The van der Waals surface area contributed by atoms with Gasteiger partial charge in [0.15, 0.2) is 0 Å². The van der Waals surface area contributed by atoms with Crippen LogP contribution in [0.2, 0.25) is 0 Å². The lowest BCUT2D eigenvalue weighted by Crippen LogP contribution is -2.52. The number of benzene rings is 1. The van der Waals surface area contributed by atoms with Gasteiger partial charge in [0.1, 0.15) is 5.82 Å². The number of hydrogen-bond donors (Lipinski definition) is 3. The number of likely N-dealkylation sites (tertiary alicyclic amines) is 1. The van der Waals surface area contributed by atoms with Crippen molar-refractivity contribution in [2.75, 3.05) is 13.1 Å². The second-order valence-electron chi connectivity index (χ2n) is 8.53. The molecule has 0 radical (unpaired) electrons. The van der Waals surface area contributed by atoms with Crippen molar-refractivity contribution >= 4 is 16.3 Å². The zero-order chi connectivity index (χ0) is 20.0. The van der Waals surface area contributed by atoms with Crippen molar-refractivity contribution in [3.05, 3.63) is 35.1 Å². The molecule has 1 saturated heterocycles. The van der Waals surface area contributed by atoms with Gasteiger partial charge in [0, 0.05) is 24.2 Å². The summed E-state index contributed by atoms with van der Waals surface area (Å²) >= 11 is 0. The summed E-state index contributed by atoms with van der Waals surface area (Å²) in [5.41, 5.74) is -0.0615. The highest BCUT2D eigenvalue weighted by Gasteiger charge is 2.50. The van der Waals surface area contributed by atoms with Crippen LogP contribution in [0.25, 0.3) is 0 Å². The molecule has 3 rings (SSSR count). The molecule has 1 fully saturated rings. The summed E-state index contributed by atoms with van der Waals surface area (Å²) in [5, 5.41) is 9.21. The van der Waals surface area contributed by atoms with Crippen molar-refractivity contribution in [3.63, 3.8) is 0 Å². The van der Waals surface area contributed by atoms with Crippen LogP contribution in [-0.4, -0.2) is 43.1 Å². The highest BCUT2D eigenvalue weighted by Crippen LogP contribution is 2.52. The van der Waals surface area contributed by atoms with E-state index in [-0.39, 0.29) is 0 Å². The van der Waals surface area contributed by atoms with Gasteiger partial charge in [-0.05, 0) is 57.1 Å². The molecule has 1 spiro atoms. The van der Waals surface area contributed by atoms with Gasteiger partial charge in [-0.1, -0.05) is 12.1 Å². The third kappa shape index (κ3) is 4.09. The normalized spacial score (nSPS) is 22.1. The summed E-state index contributed by atoms with van der Waals surface area (Å²) < 4.78 is 45.2. The third-order valence-corrected chi connectivity index (χ3v) is 6.76. The fourth-order valence-corrected chi connectivity index (χ4v) is 5.77. The van der Waals surface area contributed by atoms with E-state index < -0.39 is 39.1 Å². The van der Waals surface area contributed by atoms with Gasteiger partial charge < -0.3 is 10.0 Å². The van der Waals surface area contributed by atoms with Crippen LogP contribution in [0.1, 0.15) is 50.8 Å². The smallest absolute Gasteiger partial charge is 0.407 e. The van der Waals surface area contributed by atoms with Crippen LogP contribution < -0.4 is 9.44 Å². The van der Waals surface area contributed by atoms with Crippen molar-refractivity contribution in [2.24, 2.45) is 5.41 Å². The number of halogens is 1. The standard InChI is InChI=1S/C18H26FN3O4S/c1-17(2,3)21-27(25,26)20-15-14-12(5-4-6-13(14)19)11-18(15)7-9-22(10-8-18)16(23)24/h4-6,15,20-21H,7-11H2,1-3H3,(H,23,24)/t15-/m0/s1. The Balaban J connectivity index is 1.95. The van der Waals surface area contributed by atoms with Gasteiger partial charge in [-0.15, -0.1) is 0 Å². The van der Waals surface area contributed by atoms with Crippen LogP contribution in [0.15, 0.2) is 18.2 Å². The van der Waals surface area contributed by atoms with Crippen LogP contribution in [0.3, 0.4) is 0 Å². The van der Waals surface area contributed by atoms with Gasteiger partial charge in [0.25, 0.3) is 10.2 Å². The van der Waals surface area contributed by atoms with E-state index in [1.54, 1.807) is 26.8 Å². The number of carbonyl (C=O) groups is 1. The van der Waals surface area contributed by atoms with Gasteiger partial charge in [0.2, 0.25) is 0 Å². The van der Waals surface area contributed by atoms with Gasteiger partial charge in [-0.2, -0.15) is 17.9 Å². The largest absolute Gasteiger partial charge is 0.465 e. The Kier molecular flexibility index (Phi) is 4.98. The van der Waals surface area contributed by atoms with Crippen LogP contribution >= 0.6 is 0 Å². The van der Waals surface area contributed by atoms with Crippen molar-refractivity contribution in [2.45, 2.75) is 51.6 Å². The fourth-order valence-electron chi connectivity index (χ4n) is 4.23. The summed E-state index contributed by atoms with van der Waals surface area (Å²) in [6.45, 7) is 5.80. The zero-order valence-electron chi connectivity index (χ0n) is 15.8. The molecule has 27 heavy (non-hydrogen) atoms.